The second-order valence-corrected chi connectivity index (χ2v) is 7.17. The minimum absolute atomic E-state index is 0.757. The summed E-state index contributed by atoms with van der Waals surface area (Å²) >= 11 is 0. The van der Waals surface area contributed by atoms with Crippen LogP contribution in [-0.2, 0) is 4.79 Å². The highest BCUT2D eigenvalue weighted by Gasteiger charge is 2.43. The van der Waals surface area contributed by atoms with Crippen molar-refractivity contribution in [1.29, 1.82) is 0 Å². The van der Waals surface area contributed by atoms with Gasteiger partial charge in [-0.2, -0.15) is 23.4 Å². The highest BCUT2D eigenvalue weighted by Crippen LogP contribution is 2.40. The summed E-state index contributed by atoms with van der Waals surface area (Å²) in [5, 5.41) is 0. The molecule has 0 aliphatic heterocycles. The van der Waals surface area contributed by atoms with Crippen molar-refractivity contribution in [3.05, 3.63) is 0 Å². The third-order valence-electron chi connectivity index (χ3n) is 1.35. The zero-order chi connectivity index (χ0) is 10.2. The van der Waals surface area contributed by atoms with E-state index in [0.717, 1.165) is 4.31 Å². The number of hydrogen-bond donors (Lipinski definition) is 0. The lowest BCUT2D eigenvalue weighted by molar-refractivity contribution is -0.178. The summed E-state index contributed by atoms with van der Waals surface area (Å²) in [7, 11) is -0.450. The summed E-state index contributed by atoms with van der Waals surface area (Å²) in [6.45, 7) is 0. The molecule has 12 heavy (non-hydrogen) atoms. The van der Waals surface area contributed by atoms with Crippen molar-refractivity contribution in [2.75, 3.05) is 25.8 Å². The van der Waals surface area contributed by atoms with Gasteiger partial charge in [0.25, 0.3) is 0 Å². The highest BCUT2D eigenvalue weighted by molar-refractivity contribution is 8.30. The highest BCUT2D eigenvalue weighted by atomic mass is 32.3. The monoisotopic (exact) mass is 203 g/mol. The fourth-order valence-corrected chi connectivity index (χ4v) is 1.03. The van der Waals surface area contributed by atoms with Crippen molar-refractivity contribution in [3.63, 3.8) is 0 Å². The minimum atomic E-state index is -4.75. The van der Waals surface area contributed by atoms with Crippen LogP contribution in [0, 0.1) is 0 Å². The molecule has 0 radical (unpaired) electrons. The summed E-state index contributed by atoms with van der Waals surface area (Å²) in [6.07, 6.45) is 0.110. The van der Waals surface area contributed by atoms with E-state index in [9.17, 15) is 18.0 Å². The topological polar surface area (TPSA) is 20.3 Å². The molecule has 0 heterocycles. The van der Waals surface area contributed by atoms with Crippen LogP contribution in [-0.4, -0.2) is 42.2 Å². The molecule has 0 aromatic heterocycles. The lowest BCUT2D eigenvalue weighted by atomic mass is 10.6. The van der Waals surface area contributed by atoms with E-state index in [1.807, 2.05) is 0 Å². The van der Waals surface area contributed by atoms with Gasteiger partial charge in [-0.1, -0.05) is 0 Å². The first-order chi connectivity index (χ1) is 5.07. The maximum atomic E-state index is 11.9. The van der Waals surface area contributed by atoms with Crippen LogP contribution in [0.3, 0.4) is 0 Å². The first-order valence-corrected chi connectivity index (χ1v) is 5.91. The van der Waals surface area contributed by atoms with E-state index in [0.29, 0.717) is 0 Å². The van der Waals surface area contributed by atoms with Gasteiger partial charge in [0.2, 0.25) is 0 Å². The summed E-state index contributed by atoms with van der Waals surface area (Å²) in [5.41, 5.74) is 0. The zero-order valence-electron chi connectivity index (χ0n) is 7.40. The van der Waals surface area contributed by atoms with E-state index in [2.05, 4.69) is 0 Å². The molecular weight excluding hydrogens is 191 g/mol. The zero-order valence-corrected chi connectivity index (χ0v) is 8.21. The van der Waals surface area contributed by atoms with E-state index in [1.165, 1.54) is 7.05 Å². The van der Waals surface area contributed by atoms with Gasteiger partial charge in [-0.3, -0.25) is 4.79 Å². The fourth-order valence-electron chi connectivity index (χ4n) is 0.427. The minimum Gasteiger partial charge on any atom is -0.301 e. The molecule has 0 unspecified atom stereocenters. The van der Waals surface area contributed by atoms with Crippen LogP contribution in [0.2, 0.25) is 0 Å². The Bertz CT molecular complexity index is 184. The van der Waals surface area contributed by atoms with Crippen molar-refractivity contribution in [2.45, 2.75) is 6.18 Å². The summed E-state index contributed by atoms with van der Waals surface area (Å²) in [4.78, 5) is 10.6. The maximum Gasteiger partial charge on any atom is 0.472 e. The summed E-state index contributed by atoms with van der Waals surface area (Å²) in [5.74, 6) is -1.77. The third kappa shape index (κ3) is 2.92. The lowest BCUT2D eigenvalue weighted by Gasteiger charge is -2.37. The maximum absolute atomic E-state index is 11.9. The average molecular weight is 203 g/mol. The standard InChI is InChI=1S/C6H12F3NOS/c1-10(12(2,3)4)5(11)6(7,8)9/h1-4H3. The molecule has 0 N–H and O–H groups in total. The van der Waals surface area contributed by atoms with Crippen LogP contribution in [0.1, 0.15) is 0 Å². The van der Waals surface area contributed by atoms with Gasteiger partial charge in [0.15, 0.2) is 0 Å². The van der Waals surface area contributed by atoms with Crippen LogP contribution in [0.5, 0.6) is 0 Å². The van der Waals surface area contributed by atoms with E-state index >= 15 is 0 Å². The largest absolute Gasteiger partial charge is 0.472 e. The molecule has 0 aliphatic rings. The molecule has 0 spiro atoms. The second-order valence-electron chi connectivity index (χ2n) is 3.07. The molecule has 2 nitrogen and oxygen atoms in total. The third-order valence-corrected chi connectivity index (χ3v) is 3.16. The Hall–Kier alpha value is -0.390. The molecule has 6 heteroatoms. The molecule has 0 rings (SSSR count). The smallest absolute Gasteiger partial charge is 0.301 e. The molecule has 0 aromatic carbocycles. The van der Waals surface area contributed by atoms with Crippen LogP contribution in [0.4, 0.5) is 13.2 Å². The molecule has 0 aliphatic carbocycles. The Labute approximate surface area is 71.2 Å². The number of alkyl halides is 3. The molecule has 0 atom stereocenters. The van der Waals surface area contributed by atoms with Crippen LogP contribution in [0.15, 0.2) is 0 Å². The van der Waals surface area contributed by atoms with Crippen LogP contribution >= 0.6 is 10.2 Å². The average Bonchev–Trinajstić information content (AvgIpc) is 1.80. The Morgan fingerprint density at radius 1 is 1.25 bits per heavy atom. The van der Waals surface area contributed by atoms with Gasteiger partial charge in [-0.25, -0.2) is 0 Å². The van der Waals surface area contributed by atoms with Gasteiger partial charge in [-0.05, 0) is 18.8 Å². The molecule has 0 saturated carbocycles. The number of carbonyl (C=O) groups excluding carboxylic acids is 1. The first-order valence-electron chi connectivity index (χ1n) is 3.10. The first kappa shape index (κ1) is 11.6. The number of hydrogen-bond acceptors (Lipinski definition) is 1. The summed E-state index contributed by atoms with van der Waals surface area (Å²) < 4.78 is 36.3. The van der Waals surface area contributed by atoms with E-state index < -0.39 is 22.3 Å². The predicted molar refractivity (Wildman–Crippen MR) is 44.2 cm³/mol. The number of rotatable bonds is 1. The van der Waals surface area contributed by atoms with Gasteiger partial charge < -0.3 is 4.31 Å². The van der Waals surface area contributed by atoms with Crippen molar-refractivity contribution in [1.82, 2.24) is 4.31 Å². The van der Waals surface area contributed by atoms with Crippen molar-refractivity contribution in [3.8, 4) is 0 Å². The normalized spacial score (nSPS) is 14.2. The Balaban J connectivity index is 4.53. The number of amides is 1. The summed E-state index contributed by atoms with van der Waals surface area (Å²) in [6, 6.07) is 0. The molecule has 0 aromatic rings. The fraction of sp³-hybridized carbons (Fsp3) is 0.833. The second kappa shape index (κ2) is 3.16. The lowest BCUT2D eigenvalue weighted by Crippen LogP contribution is -2.39. The van der Waals surface area contributed by atoms with Gasteiger partial charge in [-0.15, -0.1) is 0 Å². The van der Waals surface area contributed by atoms with Gasteiger partial charge in [0.05, 0.1) is 0 Å². The molecule has 0 fully saturated rings. The SMILES string of the molecule is CN(C(=O)C(F)(F)F)S(C)(C)C. The van der Waals surface area contributed by atoms with E-state index in [4.69, 9.17) is 0 Å². The number of carbonyl (C=O) groups is 1. The molecular formula is C6H12F3NOS. The molecule has 0 bridgehead atoms. The Morgan fingerprint density at radius 2 is 1.58 bits per heavy atom. The van der Waals surface area contributed by atoms with Crippen LogP contribution < -0.4 is 0 Å². The van der Waals surface area contributed by atoms with E-state index in [-0.39, 0.29) is 0 Å². The van der Waals surface area contributed by atoms with E-state index in [1.54, 1.807) is 18.8 Å². The Morgan fingerprint density at radius 3 is 1.67 bits per heavy atom. The van der Waals surface area contributed by atoms with Crippen molar-refractivity contribution in [2.24, 2.45) is 0 Å². The predicted octanol–water partition coefficient (Wildman–Crippen LogP) is 1.62. The number of halogens is 3. The van der Waals surface area contributed by atoms with Gasteiger partial charge in [0.1, 0.15) is 0 Å². The van der Waals surface area contributed by atoms with Crippen LogP contribution in [0.25, 0.3) is 0 Å². The van der Waals surface area contributed by atoms with Gasteiger partial charge in [0, 0.05) is 7.05 Å². The van der Waals surface area contributed by atoms with Crippen molar-refractivity contribution < 1.29 is 18.0 Å². The number of nitrogens with zero attached hydrogens (tertiary/aromatic N) is 1. The van der Waals surface area contributed by atoms with Crippen molar-refractivity contribution >= 4 is 16.1 Å². The Kier molecular flexibility index (Phi) is 3.06. The molecule has 0 saturated heterocycles. The van der Waals surface area contributed by atoms with Gasteiger partial charge >= 0.3 is 12.1 Å². The molecule has 1 amide bonds. The molecule has 74 valence electrons. The quantitative estimate of drug-likeness (QED) is 0.634.